The molecule has 0 amide bonds. The van der Waals surface area contributed by atoms with E-state index in [1.807, 2.05) is 0 Å². The Hall–Kier alpha value is -1.67. The van der Waals surface area contributed by atoms with Crippen molar-refractivity contribution in [3.63, 3.8) is 0 Å². The number of rotatable bonds is 6. The third kappa shape index (κ3) is 4.78. The maximum absolute atomic E-state index is 13.8. The lowest BCUT2D eigenvalue weighted by atomic mass is 9.98. The second kappa shape index (κ2) is 5.76. The molecule has 0 saturated carbocycles. The summed E-state index contributed by atoms with van der Waals surface area (Å²) in [5, 5.41) is 16.4. The van der Waals surface area contributed by atoms with Crippen molar-refractivity contribution >= 4 is 21.7 Å². The molecule has 4 N–H and O–H groups in total. The number of halogens is 1. The molecule has 0 radical (unpaired) electrons. The minimum atomic E-state index is -3.95. The average Bonchev–Trinajstić information content (AvgIpc) is 2.28. The van der Waals surface area contributed by atoms with Crippen LogP contribution in [0.25, 0.3) is 0 Å². The van der Waals surface area contributed by atoms with Gasteiger partial charge in [-0.3, -0.25) is 4.79 Å². The summed E-state index contributed by atoms with van der Waals surface area (Å²) in [6.45, 7) is 3.45. The van der Waals surface area contributed by atoms with Crippen molar-refractivity contribution in [3.05, 3.63) is 24.0 Å². The lowest BCUT2D eigenvalue weighted by molar-refractivity contribution is -0.137. The number of benzene rings is 1. The Morgan fingerprint density at radius 3 is 2.50 bits per heavy atom. The summed E-state index contributed by atoms with van der Waals surface area (Å²) in [6.07, 6.45) is 0.232. The van der Waals surface area contributed by atoms with Crippen LogP contribution >= 0.6 is 0 Å². The second-order valence-electron chi connectivity index (χ2n) is 5.09. The molecule has 0 unspecified atom stereocenters. The van der Waals surface area contributed by atoms with E-state index >= 15 is 0 Å². The molecule has 0 fully saturated rings. The number of primary sulfonamides is 1. The zero-order valence-electron chi connectivity index (χ0n) is 11.2. The standard InChI is InChI=1S/C12H17FN2O4S/c1-12(2,6-5-11(16)17)15-10-4-3-8(7-9(10)13)20(14,18)19/h3-4,7,15H,5-6H2,1-2H3,(H,16,17)(H2,14,18,19). The SMILES string of the molecule is CC(C)(CCC(=O)O)Nc1ccc(S(N)(=O)=O)cc1F. The molecule has 0 aliphatic rings. The number of sulfonamides is 1. The fourth-order valence-electron chi connectivity index (χ4n) is 1.62. The number of aliphatic carboxylic acids is 1. The Balaban J connectivity index is 2.91. The van der Waals surface area contributed by atoms with Gasteiger partial charge in [0.1, 0.15) is 5.82 Å². The summed E-state index contributed by atoms with van der Waals surface area (Å²) in [7, 11) is -3.95. The summed E-state index contributed by atoms with van der Waals surface area (Å²) in [5.41, 5.74) is -0.560. The van der Waals surface area contributed by atoms with Gasteiger partial charge in [-0.1, -0.05) is 0 Å². The van der Waals surface area contributed by atoms with Gasteiger partial charge in [0.2, 0.25) is 10.0 Å². The van der Waals surface area contributed by atoms with Gasteiger partial charge in [-0.2, -0.15) is 0 Å². The van der Waals surface area contributed by atoms with E-state index in [4.69, 9.17) is 10.2 Å². The predicted octanol–water partition coefficient (Wildman–Crippen LogP) is 1.53. The van der Waals surface area contributed by atoms with Crippen LogP contribution in [0.3, 0.4) is 0 Å². The first kappa shape index (κ1) is 16.4. The molecule has 0 heterocycles. The van der Waals surface area contributed by atoms with E-state index in [1.165, 1.54) is 12.1 Å². The molecule has 0 saturated heterocycles. The van der Waals surface area contributed by atoms with Crippen LogP contribution in [0, 0.1) is 5.82 Å². The fraction of sp³-hybridized carbons (Fsp3) is 0.417. The first-order valence-electron chi connectivity index (χ1n) is 5.84. The largest absolute Gasteiger partial charge is 0.481 e. The number of carboxylic acids is 1. The summed E-state index contributed by atoms with van der Waals surface area (Å²) >= 11 is 0. The molecule has 1 aromatic rings. The van der Waals surface area contributed by atoms with Crippen molar-refractivity contribution in [1.82, 2.24) is 0 Å². The highest BCUT2D eigenvalue weighted by molar-refractivity contribution is 7.89. The van der Waals surface area contributed by atoms with Crippen molar-refractivity contribution in [1.29, 1.82) is 0 Å². The van der Waals surface area contributed by atoms with Crippen LogP contribution in [-0.2, 0) is 14.8 Å². The van der Waals surface area contributed by atoms with Gasteiger partial charge in [0.15, 0.2) is 0 Å². The monoisotopic (exact) mass is 304 g/mol. The lowest BCUT2D eigenvalue weighted by Crippen LogP contribution is -2.32. The molecule has 8 heteroatoms. The minimum Gasteiger partial charge on any atom is -0.481 e. The van der Waals surface area contributed by atoms with Crippen LogP contribution in [-0.4, -0.2) is 25.0 Å². The summed E-state index contributed by atoms with van der Waals surface area (Å²) in [5.74, 6) is -1.70. The third-order valence-electron chi connectivity index (χ3n) is 2.71. The molecule has 0 spiro atoms. The molecular formula is C12H17FN2O4S. The van der Waals surface area contributed by atoms with Gasteiger partial charge in [0.25, 0.3) is 0 Å². The average molecular weight is 304 g/mol. The Morgan fingerprint density at radius 1 is 1.45 bits per heavy atom. The number of hydrogen-bond acceptors (Lipinski definition) is 4. The maximum Gasteiger partial charge on any atom is 0.303 e. The maximum atomic E-state index is 13.8. The van der Waals surface area contributed by atoms with E-state index in [0.717, 1.165) is 6.07 Å². The molecule has 6 nitrogen and oxygen atoms in total. The van der Waals surface area contributed by atoms with Gasteiger partial charge in [0.05, 0.1) is 10.6 Å². The zero-order valence-corrected chi connectivity index (χ0v) is 12.0. The minimum absolute atomic E-state index is 0.0586. The Kier molecular flexibility index (Phi) is 4.72. The van der Waals surface area contributed by atoms with Gasteiger partial charge < -0.3 is 10.4 Å². The molecule has 0 atom stereocenters. The van der Waals surface area contributed by atoms with E-state index < -0.39 is 27.3 Å². The van der Waals surface area contributed by atoms with E-state index in [2.05, 4.69) is 5.32 Å². The highest BCUT2D eigenvalue weighted by atomic mass is 32.2. The Labute approximate surface area is 116 Å². The fourth-order valence-corrected chi connectivity index (χ4v) is 2.15. The van der Waals surface area contributed by atoms with Crippen molar-refractivity contribution < 1.29 is 22.7 Å². The third-order valence-corrected chi connectivity index (χ3v) is 3.62. The number of hydrogen-bond donors (Lipinski definition) is 3. The van der Waals surface area contributed by atoms with Crippen molar-refractivity contribution in [2.45, 2.75) is 37.1 Å². The van der Waals surface area contributed by atoms with Crippen LogP contribution in [0.5, 0.6) is 0 Å². The summed E-state index contributed by atoms with van der Waals surface area (Å²) < 4.78 is 36.0. The lowest BCUT2D eigenvalue weighted by Gasteiger charge is -2.27. The number of nitrogens with one attached hydrogen (secondary N) is 1. The Morgan fingerprint density at radius 2 is 2.05 bits per heavy atom. The van der Waals surface area contributed by atoms with Gasteiger partial charge >= 0.3 is 5.97 Å². The van der Waals surface area contributed by atoms with E-state index in [0.29, 0.717) is 6.42 Å². The molecule has 20 heavy (non-hydrogen) atoms. The molecule has 0 aliphatic carbocycles. The number of nitrogens with two attached hydrogens (primary N) is 1. The van der Waals surface area contributed by atoms with Crippen LogP contribution in [0.15, 0.2) is 23.1 Å². The smallest absolute Gasteiger partial charge is 0.303 e. The second-order valence-corrected chi connectivity index (χ2v) is 6.65. The van der Waals surface area contributed by atoms with Gasteiger partial charge in [-0.25, -0.2) is 17.9 Å². The molecule has 0 aliphatic heterocycles. The van der Waals surface area contributed by atoms with Crippen LogP contribution in [0.4, 0.5) is 10.1 Å². The van der Waals surface area contributed by atoms with Crippen LogP contribution < -0.4 is 10.5 Å². The highest BCUT2D eigenvalue weighted by Gasteiger charge is 2.21. The van der Waals surface area contributed by atoms with Crippen molar-refractivity contribution in [2.75, 3.05) is 5.32 Å². The first-order valence-corrected chi connectivity index (χ1v) is 7.38. The molecule has 112 valence electrons. The first-order chi connectivity index (χ1) is 9.01. The molecular weight excluding hydrogens is 287 g/mol. The molecule has 1 aromatic carbocycles. The van der Waals surface area contributed by atoms with Crippen molar-refractivity contribution in [2.24, 2.45) is 5.14 Å². The van der Waals surface area contributed by atoms with Crippen LogP contribution in [0.2, 0.25) is 0 Å². The predicted molar refractivity (Wildman–Crippen MR) is 72.3 cm³/mol. The zero-order chi connectivity index (χ0) is 15.6. The van der Waals surface area contributed by atoms with Gasteiger partial charge in [-0.15, -0.1) is 0 Å². The summed E-state index contributed by atoms with van der Waals surface area (Å²) in [6, 6.07) is 3.27. The number of carbonyl (C=O) groups is 1. The Bertz CT molecular complexity index is 614. The summed E-state index contributed by atoms with van der Waals surface area (Å²) in [4.78, 5) is 10.2. The quantitative estimate of drug-likeness (QED) is 0.738. The molecule has 0 aromatic heterocycles. The molecule has 0 bridgehead atoms. The topological polar surface area (TPSA) is 109 Å². The van der Waals surface area contributed by atoms with E-state index in [-0.39, 0.29) is 17.0 Å². The van der Waals surface area contributed by atoms with Gasteiger partial charge in [0, 0.05) is 12.0 Å². The number of carboxylic acid groups (broad SMARTS) is 1. The number of anilines is 1. The normalized spacial score (nSPS) is 12.2. The molecule has 1 rings (SSSR count). The van der Waals surface area contributed by atoms with Crippen molar-refractivity contribution in [3.8, 4) is 0 Å². The van der Waals surface area contributed by atoms with Crippen LogP contribution in [0.1, 0.15) is 26.7 Å². The highest BCUT2D eigenvalue weighted by Crippen LogP contribution is 2.24. The van der Waals surface area contributed by atoms with E-state index in [9.17, 15) is 17.6 Å². The van der Waals surface area contributed by atoms with E-state index in [1.54, 1.807) is 13.8 Å². The van der Waals surface area contributed by atoms with Gasteiger partial charge in [-0.05, 0) is 38.5 Å².